The number of halogens is 3. The van der Waals surface area contributed by atoms with Gasteiger partial charge in [0.15, 0.2) is 11.5 Å². The number of carbonyl (C=O) groups excluding carboxylic acids is 1. The van der Waals surface area contributed by atoms with E-state index in [1.807, 2.05) is 0 Å². The molecule has 0 spiro atoms. The van der Waals surface area contributed by atoms with E-state index < -0.39 is 0 Å². The summed E-state index contributed by atoms with van der Waals surface area (Å²) in [5.74, 6) is 0.632. The van der Waals surface area contributed by atoms with Crippen molar-refractivity contribution in [1.82, 2.24) is 5.32 Å². The molecule has 0 saturated carbocycles. The molecule has 1 N–H and O–H groups in total. The van der Waals surface area contributed by atoms with E-state index in [1.165, 1.54) is 12.1 Å². The van der Waals surface area contributed by atoms with Gasteiger partial charge in [0.2, 0.25) is 0 Å². The quantitative estimate of drug-likeness (QED) is 0.734. The number of benzene rings is 1. The van der Waals surface area contributed by atoms with Crippen LogP contribution in [0, 0.1) is 0 Å². The molecule has 8 heteroatoms. The Morgan fingerprint density at radius 2 is 1.91 bits per heavy atom. The number of hydrogen-bond donors (Lipinski definition) is 1. The molecule has 0 aliphatic rings. The van der Waals surface area contributed by atoms with Crippen LogP contribution in [0.2, 0.25) is 15.1 Å². The molecular weight excluding hydrogens is 365 g/mol. The molecule has 1 aromatic heterocycles. The van der Waals surface area contributed by atoms with E-state index in [4.69, 9.17) is 48.7 Å². The van der Waals surface area contributed by atoms with Gasteiger partial charge in [0.1, 0.15) is 12.4 Å². The summed E-state index contributed by atoms with van der Waals surface area (Å²) in [5, 5.41) is 3.67. The summed E-state index contributed by atoms with van der Waals surface area (Å²) in [6, 6.07) is 6.26. The summed E-state index contributed by atoms with van der Waals surface area (Å²) in [5.41, 5.74) is 0. The Kier molecular flexibility index (Phi) is 6.59. The summed E-state index contributed by atoms with van der Waals surface area (Å²) in [6.45, 7) is 0.903. The summed E-state index contributed by atoms with van der Waals surface area (Å²) >= 11 is 17.9. The minimum absolute atomic E-state index is 0.0758. The van der Waals surface area contributed by atoms with Crippen LogP contribution in [0.3, 0.4) is 0 Å². The van der Waals surface area contributed by atoms with Gasteiger partial charge in [-0.2, -0.15) is 0 Å². The molecule has 0 saturated heterocycles. The molecule has 1 aromatic carbocycles. The fraction of sp³-hybridized carbons (Fsp3) is 0.267. The third-order valence-corrected chi connectivity index (χ3v) is 3.58. The van der Waals surface area contributed by atoms with Gasteiger partial charge in [0.25, 0.3) is 5.91 Å². The largest absolute Gasteiger partial charge is 0.483 e. The highest BCUT2D eigenvalue weighted by Crippen LogP contribution is 2.36. The maximum atomic E-state index is 11.8. The molecule has 0 unspecified atom stereocenters. The van der Waals surface area contributed by atoms with Crippen LogP contribution in [0.1, 0.15) is 16.3 Å². The summed E-state index contributed by atoms with van der Waals surface area (Å²) < 4.78 is 15.8. The zero-order valence-electron chi connectivity index (χ0n) is 12.2. The molecule has 1 amide bonds. The lowest BCUT2D eigenvalue weighted by Crippen LogP contribution is -2.26. The Bertz CT molecular complexity index is 664. The van der Waals surface area contributed by atoms with Crippen LogP contribution in [0.5, 0.6) is 5.75 Å². The summed E-state index contributed by atoms with van der Waals surface area (Å²) in [6.07, 6.45) is 0. The van der Waals surface area contributed by atoms with Crippen molar-refractivity contribution in [3.63, 3.8) is 0 Å². The van der Waals surface area contributed by atoms with Crippen LogP contribution in [-0.4, -0.2) is 26.2 Å². The van der Waals surface area contributed by atoms with Crippen LogP contribution in [0.15, 0.2) is 28.7 Å². The van der Waals surface area contributed by atoms with Crippen molar-refractivity contribution < 1.29 is 18.7 Å². The molecule has 1 heterocycles. The number of nitrogens with one attached hydrogen (secondary N) is 1. The average molecular weight is 379 g/mol. The summed E-state index contributed by atoms with van der Waals surface area (Å²) in [4.78, 5) is 11.8. The predicted octanol–water partition coefficient (Wildman–Crippen LogP) is 4.20. The van der Waals surface area contributed by atoms with Gasteiger partial charge in [0, 0.05) is 18.7 Å². The number of methoxy groups -OCH3 is 1. The molecule has 0 fully saturated rings. The van der Waals surface area contributed by atoms with Gasteiger partial charge >= 0.3 is 0 Å². The van der Waals surface area contributed by atoms with Gasteiger partial charge in [-0.3, -0.25) is 4.79 Å². The Hall–Kier alpha value is -1.40. The minimum Gasteiger partial charge on any atom is -0.483 e. The van der Waals surface area contributed by atoms with Gasteiger partial charge in [-0.05, 0) is 24.3 Å². The zero-order chi connectivity index (χ0) is 16.8. The second-order valence-corrected chi connectivity index (χ2v) is 5.75. The molecule has 0 bridgehead atoms. The van der Waals surface area contributed by atoms with Crippen molar-refractivity contribution in [2.24, 2.45) is 0 Å². The van der Waals surface area contributed by atoms with E-state index in [-0.39, 0.29) is 18.3 Å². The molecule has 5 nitrogen and oxygen atoms in total. The molecule has 0 aliphatic carbocycles. The topological polar surface area (TPSA) is 60.7 Å². The number of ether oxygens (including phenoxy) is 2. The molecule has 2 aromatic rings. The molecule has 124 valence electrons. The zero-order valence-corrected chi connectivity index (χ0v) is 14.5. The molecular formula is C15H14Cl3NO4. The van der Waals surface area contributed by atoms with Gasteiger partial charge in [-0.1, -0.05) is 34.8 Å². The Balaban J connectivity index is 1.96. The van der Waals surface area contributed by atoms with Gasteiger partial charge in [-0.15, -0.1) is 0 Å². The number of hydrogen-bond acceptors (Lipinski definition) is 4. The van der Waals surface area contributed by atoms with E-state index >= 15 is 0 Å². The lowest BCUT2D eigenvalue weighted by molar-refractivity contribution is 0.0905. The van der Waals surface area contributed by atoms with Crippen LogP contribution >= 0.6 is 34.8 Å². The van der Waals surface area contributed by atoms with Crippen molar-refractivity contribution in [1.29, 1.82) is 0 Å². The van der Waals surface area contributed by atoms with E-state index in [9.17, 15) is 4.79 Å². The maximum absolute atomic E-state index is 11.8. The van der Waals surface area contributed by atoms with E-state index in [0.29, 0.717) is 39.7 Å². The number of furan rings is 1. The lowest BCUT2D eigenvalue weighted by atomic mass is 10.3. The first-order valence-corrected chi connectivity index (χ1v) is 7.78. The Morgan fingerprint density at radius 3 is 2.57 bits per heavy atom. The lowest BCUT2D eigenvalue weighted by Gasteiger charge is -2.09. The maximum Gasteiger partial charge on any atom is 0.287 e. The fourth-order valence-electron chi connectivity index (χ4n) is 1.74. The van der Waals surface area contributed by atoms with Crippen LogP contribution in [0.25, 0.3) is 0 Å². The first-order valence-electron chi connectivity index (χ1n) is 6.64. The van der Waals surface area contributed by atoms with Crippen molar-refractivity contribution in [2.75, 3.05) is 20.3 Å². The molecule has 0 aliphatic heterocycles. The molecule has 0 atom stereocenters. The third kappa shape index (κ3) is 5.04. The molecule has 0 radical (unpaired) electrons. The van der Waals surface area contributed by atoms with Crippen molar-refractivity contribution in [2.45, 2.75) is 6.61 Å². The number of amides is 1. The number of rotatable bonds is 7. The smallest absolute Gasteiger partial charge is 0.287 e. The van der Waals surface area contributed by atoms with Crippen LogP contribution in [0.4, 0.5) is 0 Å². The first kappa shape index (κ1) is 17.9. The second-order valence-electron chi connectivity index (χ2n) is 4.50. The van der Waals surface area contributed by atoms with Crippen LogP contribution < -0.4 is 10.1 Å². The second kappa shape index (κ2) is 8.45. The Labute approximate surface area is 148 Å². The average Bonchev–Trinajstić information content (AvgIpc) is 2.95. The van der Waals surface area contributed by atoms with E-state index in [0.717, 1.165) is 0 Å². The molecule has 23 heavy (non-hydrogen) atoms. The third-order valence-electron chi connectivity index (χ3n) is 2.80. The Morgan fingerprint density at radius 1 is 1.22 bits per heavy atom. The minimum atomic E-state index is -0.323. The monoisotopic (exact) mass is 377 g/mol. The number of carbonyl (C=O) groups is 1. The molecule has 2 rings (SSSR count). The van der Waals surface area contributed by atoms with Crippen molar-refractivity contribution in [3.8, 4) is 5.75 Å². The highest BCUT2D eigenvalue weighted by Gasteiger charge is 2.13. The standard InChI is InChI=1S/C15H14Cl3NO4/c1-21-5-4-19-15(20)13-3-2-10(23-13)8-22-14-11(17)6-9(16)7-12(14)18/h2-3,6-7H,4-5,8H2,1H3,(H,19,20). The highest BCUT2D eigenvalue weighted by atomic mass is 35.5. The van der Waals surface area contributed by atoms with Crippen LogP contribution in [-0.2, 0) is 11.3 Å². The van der Waals surface area contributed by atoms with Gasteiger partial charge < -0.3 is 19.2 Å². The highest BCUT2D eigenvalue weighted by molar-refractivity contribution is 6.40. The first-order chi connectivity index (χ1) is 11.0. The van der Waals surface area contributed by atoms with Crippen molar-refractivity contribution >= 4 is 40.7 Å². The SMILES string of the molecule is COCCNC(=O)c1ccc(COc2c(Cl)cc(Cl)cc2Cl)o1. The van der Waals surface area contributed by atoms with Gasteiger partial charge in [0.05, 0.1) is 16.7 Å². The van der Waals surface area contributed by atoms with Gasteiger partial charge in [-0.25, -0.2) is 0 Å². The normalized spacial score (nSPS) is 10.6. The predicted molar refractivity (Wildman–Crippen MR) is 88.7 cm³/mol. The van der Waals surface area contributed by atoms with E-state index in [1.54, 1.807) is 19.2 Å². The van der Waals surface area contributed by atoms with Crippen molar-refractivity contribution in [3.05, 3.63) is 50.9 Å². The van der Waals surface area contributed by atoms with E-state index in [2.05, 4.69) is 5.32 Å². The summed E-state index contributed by atoms with van der Waals surface area (Å²) in [7, 11) is 1.56. The fourth-order valence-corrected chi connectivity index (χ4v) is 2.67.